The Morgan fingerprint density at radius 3 is 2.57 bits per heavy atom. The summed E-state index contributed by atoms with van der Waals surface area (Å²) in [6, 6.07) is 18.2. The maximum atomic E-state index is 12.6. The minimum absolute atomic E-state index is 0.348. The predicted octanol–water partition coefficient (Wildman–Crippen LogP) is 4.20. The molecule has 0 aliphatic rings. The van der Waals surface area contributed by atoms with Crippen LogP contribution in [0.1, 0.15) is 23.7 Å². The molecule has 30 heavy (non-hydrogen) atoms. The number of ether oxygens (including phenoxy) is 1. The monoisotopic (exact) mass is 400 g/mol. The quantitative estimate of drug-likeness (QED) is 0.473. The standard InChI is InChI=1S/C23H20N4O3/c1-2-20(22(28)25-17-10-12-24-13-11-17)30-23(29)16-8-9-18-19(14-16)27-21(26-18)15-6-4-3-5-7-15/h3-14,20H,2H2,1H3,(H,26,27)(H,24,25,28). The number of aromatic nitrogens is 3. The summed E-state index contributed by atoms with van der Waals surface area (Å²) in [7, 11) is 0. The lowest BCUT2D eigenvalue weighted by atomic mass is 10.2. The molecule has 7 nitrogen and oxygen atoms in total. The molecule has 2 N–H and O–H groups in total. The molecule has 150 valence electrons. The number of fused-ring (bicyclic) bond motifs is 1. The van der Waals surface area contributed by atoms with Gasteiger partial charge in [-0.15, -0.1) is 0 Å². The Morgan fingerprint density at radius 1 is 1.07 bits per heavy atom. The molecule has 0 spiro atoms. The number of rotatable bonds is 6. The number of anilines is 1. The van der Waals surface area contributed by atoms with Crippen molar-refractivity contribution in [1.82, 2.24) is 15.0 Å². The fourth-order valence-corrected chi connectivity index (χ4v) is 3.05. The van der Waals surface area contributed by atoms with E-state index in [1.165, 1.54) is 0 Å². The molecule has 1 atom stereocenters. The van der Waals surface area contributed by atoms with E-state index in [1.54, 1.807) is 49.6 Å². The van der Waals surface area contributed by atoms with E-state index in [9.17, 15) is 9.59 Å². The zero-order valence-electron chi connectivity index (χ0n) is 16.3. The van der Waals surface area contributed by atoms with Crippen LogP contribution in [-0.2, 0) is 9.53 Å². The van der Waals surface area contributed by atoms with E-state index in [2.05, 4.69) is 20.3 Å². The average molecular weight is 400 g/mol. The molecule has 0 aliphatic heterocycles. The van der Waals surface area contributed by atoms with E-state index >= 15 is 0 Å². The van der Waals surface area contributed by atoms with Crippen LogP contribution in [0.25, 0.3) is 22.4 Å². The van der Waals surface area contributed by atoms with Gasteiger partial charge in [-0.3, -0.25) is 9.78 Å². The van der Waals surface area contributed by atoms with Crippen LogP contribution in [0.4, 0.5) is 5.69 Å². The SMILES string of the molecule is CCC(OC(=O)c1ccc2nc(-c3ccccc3)[nH]c2c1)C(=O)Nc1ccncc1. The number of imidazole rings is 1. The first kappa shape index (κ1) is 19.3. The summed E-state index contributed by atoms with van der Waals surface area (Å²) >= 11 is 0. The first-order valence-electron chi connectivity index (χ1n) is 9.61. The molecule has 0 fully saturated rings. The summed E-state index contributed by atoms with van der Waals surface area (Å²) in [5, 5.41) is 2.73. The number of nitrogens with one attached hydrogen (secondary N) is 2. The highest BCUT2D eigenvalue weighted by atomic mass is 16.5. The van der Waals surface area contributed by atoms with E-state index < -0.39 is 12.1 Å². The lowest BCUT2D eigenvalue weighted by Crippen LogP contribution is -2.32. The van der Waals surface area contributed by atoms with Crippen molar-refractivity contribution in [3.8, 4) is 11.4 Å². The first-order chi connectivity index (χ1) is 14.6. The van der Waals surface area contributed by atoms with Crippen LogP contribution in [0.5, 0.6) is 0 Å². The number of hydrogen-bond acceptors (Lipinski definition) is 5. The molecule has 4 rings (SSSR count). The number of aromatic amines is 1. The summed E-state index contributed by atoms with van der Waals surface area (Å²) in [6.45, 7) is 1.79. The van der Waals surface area contributed by atoms with Gasteiger partial charge in [-0.2, -0.15) is 0 Å². The second-order valence-electron chi connectivity index (χ2n) is 6.71. The number of amides is 1. The van der Waals surface area contributed by atoms with Gasteiger partial charge in [-0.05, 0) is 36.8 Å². The summed E-state index contributed by atoms with van der Waals surface area (Å²) in [5.74, 6) is -0.227. The van der Waals surface area contributed by atoms with Crippen molar-refractivity contribution < 1.29 is 14.3 Å². The van der Waals surface area contributed by atoms with Crippen LogP contribution < -0.4 is 5.32 Å². The predicted molar refractivity (Wildman–Crippen MR) is 114 cm³/mol. The number of carbonyl (C=O) groups is 2. The van der Waals surface area contributed by atoms with Crippen LogP contribution >= 0.6 is 0 Å². The number of esters is 1. The molecule has 4 aromatic rings. The van der Waals surface area contributed by atoms with E-state index in [-0.39, 0.29) is 5.91 Å². The molecule has 0 radical (unpaired) electrons. The van der Waals surface area contributed by atoms with Crippen molar-refractivity contribution in [1.29, 1.82) is 0 Å². The average Bonchev–Trinajstić information content (AvgIpc) is 3.22. The van der Waals surface area contributed by atoms with Crippen molar-refractivity contribution in [3.05, 3.63) is 78.6 Å². The van der Waals surface area contributed by atoms with E-state index in [0.717, 1.165) is 22.4 Å². The minimum atomic E-state index is -0.900. The molecule has 1 unspecified atom stereocenters. The highest BCUT2D eigenvalue weighted by Crippen LogP contribution is 2.22. The Bertz CT molecular complexity index is 1170. The summed E-state index contributed by atoms with van der Waals surface area (Å²) in [4.78, 5) is 36.8. The third kappa shape index (κ3) is 4.20. The molecule has 2 aromatic heterocycles. The molecular weight excluding hydrogens is 380 g/mol. The Hall–Kier alpha value is -4.00. The second kappa shape index (κ2) is 8.57. The van der Waals surface area contributed by atoms with E-state index in [1.807, 2.05) is 30.3 Å². The van der Waals surface area contributed by atoms with Gasteiger partial charge in [0, 0.05) is 23.6 Å². The molecule has 1 amide bonds. The van der Waals surface area contributed by atoms with Gasteiger partial charge in [0.2, 0.25) is 0 Å². The molecule has 0 saturated carbocycles. The zero-order chi connectivity index (χ0) is 20.9. The van der Waals surface area contributed by atoms with E-state index in [4.69, 9.17) is 4.74 Å². The topological polar surface area (TPSA) is 97.0 Å². The van der Waals surface area contributed by atoms with Crippen molar-refractivity contribution in [2.45, 2.75) is 19.4 Å². The molecule has 0 saturated heterocycles. The van der Waals surface area contributed by atoms with Gasteiger partial charge in [0.25, 0.3) is 5.91 Å². The van der Waals surface area contributed by atoms with Gasteiger partial charge in [0.15, 0.2) is 6.10 Å². The lowest BCUT2D eigenvalue weighted by Gasteiger charge is -2.16. The molecule has 2 heterocycles. The van der Waals surface area contributed by atoms with Gasteiger partial charge in [-0.25, -0.2) is 9.78 Å². The Kier molecular flexibility index (Phi) is 5.52. The van der Waals surface area contributed by atoms with Gasteiger partial charge in [0.1, 0.15) is 5.82 Å². The fraction of sp³-hybridized carbons (Fsp3) is 0.130. The molecule has 0 bridgehead atoms. The fourth-order valence-electron chi connectivity index (χ4n) is 3.05. The van der Waals surface area contributed by atoms with E-state index in [0.29, 0.717) is 17.7 Å². The van der Waals surface area contributed by atoms with Crippen molar-refractivity contribution in [2.24, 2.45) is 0 Å². The van der Waals surface area contributed by atoms with Crippen LogP contribution in [0.15, 0.2) is 73.1 Å². The van der Waals surface area contributed by atoms with Gasteiger partial charge in [-0.1, -0.05) is 37.3 Å². The molecule has 2 aromatic carbocycles. The van der Waals surface area contributed by atoms with Crippen molar-refractivity contribution >= 4 is 28.6 Å². The first-order valence-corrected chi connectivity index (χ1v) is 9.61. The Labute approximate surface area is 173 Å². The van der Waals surface area contributed by atoms with Crippen LogP contribution in [-0.4, -0.2) is 32.9 Å². The van der Waals surface area contributed by atoms with Crippen molar-refractivity contribution in [2.75, 3.05) is 5.32 Å². The smallest absolute Gasteiger partial charge is 0.338 e. The summed E-state index contributed by atoms with van der Waals surface area (Å²) in [6.07, 6.45) is 2.60. The second-order valence-corrected chi connectivity index (χ2v) is 6.71. The maximum Gasteiger partial charge on any atom is 0.338 e. The Balaban J connectivity index is 1.50. The highest BCUT2D eigenvalue weighted by molar-refractivity contribution is 5.98. The van der Waals surface area contributed by atoms with Crippen LogP contribution in [0.3, 0.4) is 0 Å². The number of nitrogens with zero attached hydrogens (tertiary/aromatic N) is 2. The molecule has 0 aliphatic carbocycles. The molecular formula is C23H20N4O3. The lowest BCUT2D eigenvalue weighted by molar-refractivity contribution is -0.124. The van der Waals surface area contributed by atoms with Gasteiger partial charge >= 0.3 is 5.97 Å². The number of carbonyl (C=O) groups excluding carboxylic acids is 2. The minimum Gasteiger partial charge on any atom is -0.449 e. The third-order valence-corrected chi connectivity index (χ3v) is 4.63. The number of pyridine rings is 1. The maximum absolute atomic E-state index is 12.6. The van der Waals surface area contributed by atoms with Crippen LogP contribution in [0.2, 0.25) is 0 Å². The van der Waals surface area contributed by atoms with Crippen molar-refractivity contribution in [3.63, 3.8) is 0 Å². The van der Waals surface area contributed by atoms with Gasteiger partial charge in [0.05, 0.1) is 16.6 Å². The largest absolute Gasteiger partial charge is 0.449 e. The zero-order valence-corrected chi connectivity index (χ0v) is 16.3. The highest BCUT2D eigenvalue weighted by Gasteiger charge is 2.22. The number of H-pyrrole nitrogens is 1. The number of benzene rings is 2. The van der Waals surface area contributed by atoms with Gasteiger partial charge < -0.3 is 15.0 Å². The third-order valence-electron chi connectivity index (χ3n) is 4.63. The molecule has 7 heteroatoms. The Morgan fingerprint density at radius 2 is 1.83 bits per heavy atom. The number of hydrogen-bond donors (Lipinski definition) is 2. The normalized spacial score (nSPS) is 11.8. The van der Waals surface area contributed by atoms with Crippen LogP contribution in [0, 0.1) is 0 Å². The summed E-state index contributed by atoms with van der Waals surface area (Å²) in [5.41, 5.74) is 3.36. The summed E-state index contributed by atoms with van der Waals surface area (Å²) < 4.78 is 5.46.